The molecule has 4 heterocycles. The number of hydrogen-bond acceptors (Lipinski definition) is 12. The van der Waals surface area contributed by atoms with E-state index in [0.717, 1.165) is 49.7 Å². The van der Waals surface area contributed by atoms with Crippen LogP contribution >= 0.6 is 0 Å². The minimum absolute atomic E-state index is 0.109. The molecule has 0 saturated heterocycles. The Morgan fingerprint density at radius 2 is 1.72 bits per heavy atom. The minimum atomic E-state index is -3.36. The Bertz CT molecular complexity index is 1810. The zero-order chi connectivity index (χ0) is 33.1. The number of methoxy groups -OCH3 is 1. The number of benzene rings is 1. The number of amides is 1. The van der Waals surface area contributed by atoms with Gasteiger partial charge in [0.05, 0.1) is 42.7 Å². The van der Waals surface area contributed by atoms with Crippen molar-refractivity contribution in [1.29, 1.82) is 0 Å². The van der Waals surface area contributed by atoms with Gasteiger partial charge >= 0.3 is 17.9 Å². The number of pyridine rings is 2. The number of aliphatic hydroxyl groups is 3. The second-order valence-electron chi connectivity index (χ2n) is 11.7. The second-order valence-corrected chi connectivity index (χ2v) is 11.7. The van der Waals surface area contributed by atoms with Gasteiger partial charge in [0.25, 0.3) is 0 Å². The van der Waals surface area contributed by atoms with E-state index in [4.69, 9.17) is 19.2 Å². The fourth-order valence-electron chi connectivity index (χ4n) is 5.96. The number of aromatic nitrogens is 4. The van der Waals surface area contributed by atoms with Crippen molar-refractivity contribution < 1.29 is 39.1 Å². The molecule has 250 valence electrons. The van der Waals surface area contributed by atoms with Gasteiger partial charge in [0.15, 0.2) is 11.5 Å². The topological polar surface area (TPSA) is 205 Å². The molecule has 6 N–H and O–H groups in total. The molecule has 2 fully saturated rings. The van der Waals surface area contributed by atoms with Crippen LogP contribution in [-0.4, -0.2) is 66.9 Å². The third kappa shape index (κ3) is 7.17. The fourth-order valence-corrected chi connectivity index (χ4v) is 5.96. The van der Waals surface area contributed by atoms with Crippen molar-refractivity contribution in [1.82, 2.24) is 19.1 Å². The van der Waals surface area contributed by atoms with Crippen molar-refractivity contribution in [3.63, 3.8) is 0 Å². The third-order valence-corrected chi connectivity index (χ3v) is 8.47. The monoisotopic (exact) mass is 650 g/mol. The summed E-state index contributed by atoms with van der Waals surface area (Å²) in [5, 5.41) is 33.1. The standard InChI is InChI=1S/C30H33N5O7.C2H5NO2/c36-29-34(20-4-1-2-5-20)23-15-27(31-16-24(23)35(29)30(37,38)39)33-28-13-18(17-42-21-6-3-7-21)12-22(32-28)19-8-9-25-26(14-19)41-11-10-40-25;1-5-2(3)4/h8-9,12-16,20-21,37-39H,1-7,10-11,17H2,(H,31,32,33);1H3,(H2,3,4). The summed E-state index contributed by atoms with van der Waals surface area (Å²) >= 11 is 0. The highest BCUT2D eigenvalue weighted by molar-refractivity contribution is 5.79. The molecule has 7 rings (SSSR count). The maximum absolute atomic E-state index is 13.2. The number of hydrogen-bond donors (Lipinski definition) is 5. The van der Waals surface area contributed by atoms with E-state index in [0.29, 0.717) is 58.7 Å². The number of nitrogens with one attached hydrogen (secondary N) is 1. The van der Waals surface area contributed by atoms with E-state index in [9.17, 15) is 24.9 Å². The van der Waals surface area contributed by atoms with Crippen molar-refractivity contribution in [2.45, 2.75) is 69.8 Å². The van der Waals surface area contributed by atoms with E-state index in [2.05, 4.69) is 20.8 Å². The van der Waals surface area contributed by atoms with Gasteiger partial charge in [0.2, 0.25) is 0 Å². The fraction of sp³-hybridized carbons (Fsp3) is 0.438. The summed E-state index contributed by atoms with van der Waals surface area (Å²) in [4.78, 5) is 31.9. The smallest absolute Gasteiger partial charge is 0.404 e. The average molecular weight is 651 g/mol. The van der Waals surface area contributed by atoms with Gasteiger partial charge in [-0.2, -0.15) is 0 Å². The van der Waals surface area contributed by atoms with E-state index in [1.807, 2.05) is 30.3 Å². The molecule has 2 aliphatic carbocycles. The molecule has 3 aliphatic rings. The molecule has 1 amide bonds. The first kappa shape index (κ1) is 32.2. The maximum atomic E-state index is 13.2. The summed E-state index contributed by atoms with van der Waals surface area (Å²) < 4.78 is 23.5. The van der Waals surface area contributed by atoms with Crippen LogP contribution < -0.4 is 26.2 Å². The summed E-state index contributed by atoms with van der Waals surface area (Å²) in [6, 6.07) is 11.2. The molecule has 2 saturated carbocycles. The van der Waals surface area contributed by atoms with Gasteiger partial charge < -0.3 is 45.3 Å². The van der Waals surface area contributed by atoms with E-state index in [1.54, 1.807) is 6.07 Å². The maximum Gasteiger partial charge on any atom is 0.404 e. The Balaban J connectivity index is 0.000000720. The minimum Gasteiger partial charge on any atom is -0.486 e. The van der Waals surface area contributed by atoms with Crippen LogP contribution in [0.5, 0.6) is 11.5 Å². The van der Waals surface area contributed by atoms with Gasteiger partial charge in [-0.1, -0.05) is 12.8 Å². The van der Waals surface area contributed by atoms with Gasteiger partial charge in [-0.15, -0.1) is 0 Å². The molecule has 3 aromatic heterocycles. The summed E-state index contributed by atoms with van der Waals surface area (Å²) in [6.07, 6.45) is 4.30. The number of nitrogens with zero attached hydrogens (tertiary/aromatic N) is 4. The number of carbonyl (C=O) groups excluding carboxylic acids is 1. The average Bonchev–Trinajstić information content (AvgIpc) is 3.65. The van der Waals surface area contributed by atoms with Gasteiger partial charge in [-0.3, -0.25) is 4.57 Å². The molecule has 15 heteroatoms. The van der Waals surface area contributed by atoms with Gasteiger partial charge in [-0.25, -0.2) is 24.1 Å². The molecule has 0 spiro atoms. The molecule has 1 aliphatic heterocycles. The van der Waals surface area contributed by atoms with Crippen molar-refractivity contribution in [2.24, 2.45) is 5.73 Å². The lowest BCUT2D eigenvalue weighted by Crippen LogP contribution is -2.41. The van der Waals surface area contributed by atoms with Crippen LogP contribution in [0.15, 0.2) is 47.4 Å². The molecular weight excluding hydrogens is 612 g/mol. The lowest BCUT2D eigenvalue weighted by molar-refractivity contribution is -0.374. The molecule has 47 heavy (non-hydrogen) atoms. The summed E-state index contributed by atoms with van der Waals surface area (Å²) in [5.74, 6) is 2.30. The summed E-state index contributed by atoms with van der Waals surface area (Å²) in [7, 11) is 1.22. The third-order valence-electron chi connectivity index (χ3n) is 8.47. The summed E-state index contributed by atoms with van der Waals surface area (Å²) in [5.41, 5.74) is 6.76. The lowest BCUT2D eigenvalue weighted by Gasteiger charge is -2.25. The van der Waals surface area contributed by atoms with E-state index < -0.39 is 17.9 Å². The van der Waals surface area contributed by atoms with Crippen LogP contribution in [0.4, 0.5) is 16.4 Å². The van der Waals surface area contributed by atoms with Crippen molar-refractivity contribution in [3.05, 3.63) is 58.6 Å². The van der Waals surface area contributed by atoms with Crippen LogP contribution in [-0.2, 0) is 22.2 Å². The Morgan fingerprint density at radius 1 is 1.00 bits per heavy atom. The van der Waals surface area contributed by atoms with Crippen molar-refractivity contribution >= 4 is 28.8 Å². The van der Waals surface area contributed by atoms with Crippen LogP contribution in [0.25, 0.3) is 22.3 Å². The van der Waals surface area contributed by atoms with Gasteiger partial charge in [-0.05, 0) is 68.0 Å². The van der Waals surface area contributed by atoms with Crippen LogP contribution in [0, 0.1) is 0 Å². The number of imidazole rings is 1. The van der Waals surface area contributed by atoms with Crippen molar-refractivity contribution in [3.8, 4) is 22.8 Å². The first-order valence-corrected chi connectivity index (χ1v) is 15.5. The predicted octanol–water partition coefficient (Wildman–Crippen LogP) is 3.22. The lowest BCUT2D eigenvalue weighted by atomic mass is 9.96. The molecule has 15 nitrogen and oxygen atoms in total. The number of fused-ring (bicyclic) bond motifs is 2. The predicted molar refractivity (Wildman–Crippen MR) is 169 cm³/mol. The quantitative estimate of drug-likeness (QED) is 0.174. The first-order valence-electron chi connectivity index (χ1n) is 15.5. The number of ether oxygens (including phenoxy) is 4. The molecule has 0 unspecified atom stereocenters. The molecule has 0 radical (unpaired) electrons. The largest absolute Gasteiger partial charge is 0.486 e. The number of rotatable bonds is 8. The highest BCUT2D eigenvalue weighted by atomic mass is 16.7. The zero-order valence-electron chi connectivity index (χ0n) is 25.9. The van der Waals surface area contributed by atoms with E-state index in [-0.39, 0.29) is 17.7 Å². The van der Waals surface area contributed by atoms with Gasteiger partial charge in [0, 0.05) is 17.7 Å². The Labute approximate surface area is 269 Å². The SMILES string of the molecule is COC(N)=O.O=c1n(C2CCCC2)c2cc(Nc3cc(COC4CCC4)cc(-c4ccc5c(c4)OCCO5)n3)ncc2n1C(O)(O)O. The Kier molecular flexibility index (Phi) is 9.31. The molecule has 0 bridgehead atoms. The van der Waals surface area contributed by atoms with Crippen molar-refractivity contribution in [2.75, 3.05) is 25.6 Å². The molecule has 1 aromatic carbocycles. The van der Waals surface area contributed by atoms with E-state index >= 15 is 0 Å². The normalized spacial score (nSPS) is 16.3. The number of primary amides is 1. The highest BCUT2D eigenvalue weighted by Crippen LogP contribution is 2.36. The van der Waals surface area contributed by atoms with Crippen LogP contribution in [0.1, 0.15) is 56.6 Å². The van der Waals surface area contributed by atoms with Crippen LogP contribution in [0.2, 0.25) is 0 Å². The Morgan fingerprint density at radius 3 is 2.38 bits per heavy atom. The highest BCUT2D eigenvalue weighted by Gasteiger charge is 2.32. The molecule has 0 atom stereocenters. The number of nitrogens with two attached hydrogens (primary N) is 1. The number of carbonyl (C=O) groups is 1. The second kappa shape index (κ2) is 13.6. The first-order chi connectivity index (χ1) is 22.6. The molecular formula is C32H38N6O9. The van der Waals surface area contributed by atoms with Gasteiger partial charge in [0.1, 0.15) is 24.8 Å². The summed E-state index contributed by atoms with van der Waals surface area (Å²) in [6.45, 7) is 1.43. The number of anilines is 2. The zero-order valence-corrected chi connectivity index (χ0v) is 25.9. The Hall–Kier alpha value is -4.70. The van der Waals surface area contributed by atoms with Crippen LogP contribution in [0.3, 0.4) is 0 Å². The van der Waals surface area contributed by atoms with E-state index in [1.165, 1.54) is 24.3 Å². The molecule has 4 aromatic rings.